The Kier molecular flexibility index (Phi) is 5.83. The molecule has 4 rings (SSSR count). The number of hydrogen-bond donors (Lipinski definition) is 1. The maximum Gasteiger partial charge on any atom is 0.276 e. The third kappa shape index (κ3) is 4.44. The molecule has 154 valence electrons. The molecule has 1 aromatic heterocycles. The van der Waals surface area contributed by atoms with Crippen LogP contribution in [0.5, 0.6) is 5.75 Å². The van der Waals surface area contributed by atoms with Gasteiger partial charge in [-0.1, -0.05) is 30.1 Å². The summed E-state index contributed by atoms with van der Waals surface area (Å²) in [6, 6.07) is 9.10. The minimum Gasteiger partial charge on any atom is -0.493 e. The number of hydrogen-bond acceptors (Lipinski definition) is 5. The molecule has 2 aromatic rings. The van der Waals surface area contributed by atoms with E-state index < -0.39 is 0 Å². The lowest BCUT2D eigenvalue weighted by Crippen LogP contribution is -2.52. The van der Waals surface area contributed by atoms with Crippen LogP contribution in [-0.2, 0) is 0 Å². The maximum atomic E-state index is 12.9. The van der Waals surface area contributed by atoms with Crippen molar-refractivity contribution >= 4 is 11.8 Å². The summed E-state index contributed by atoms with van der Waals surface area (Å²) in [5.41, 5.74) is 0.924. The monoisotopic (exact) mass is 397 g/mol. The van der Waals surface area contributed by atoms with Gasteiger partial charge in [0.1, 0.15) is 11.5 Å². The van der Waals surface area contributed by atoms with Crippen molar-refractivity contribution in [2.24, 2.45) is 5.92 Å². The molecule has 1 fully saturated rings. The Morgan fingerprint density at radius 2 is 2.07 bits per heavy atom. The molecular formula is C22H27N3O4. The molecule has 7 nitrogen and oxygen atoms in total. The number of nitrogens with one attached hydrogen (secondary N) is 1. The molecule has 1 aromatic carbocycles. The van der Waals surface area contributed by atoms with Crippen molar-refractivity contribution < 1.29 is 18.8 Å². The van der Waals surface area contributed by atoms with Crippen LogP contribution in [0.25, 0.3) is 0 Å². The Balaban J connectivity index is 1.50. The number of piperidine rings is 1. The number of carbonyl (C=O) groups is 2. The fourth-order valence-electron chi connectivity index (χ4n) is 4.22. The van der Waals surface area contributed by atoms with Gasteiger partial charge in [-0.2, -0.15) is 0 Å². The van der Waals surface area contributed by atoms with Gasteiger partial charge >= 0.3 is 0 Å². The largest absolute Gasteiger partial charge is 0.493 e. The number of ether oxygens (including phenoxy) is 1. The average molecular weight is 397 g/mol. The molecule has 1 saturated heterocycles. The zero-order chi connectivity index (χ0) is 20.2. The van der Waals surface area contributed by atoms with Gasteiger partial charge in [-0.05, 0) is 44.2 Å². The van der Waals surface area contributed by atoms with Gasteiger partial charge in [0.25, 0.3) is 11.8 Å². The van der Waals surface area contributed by atoms with Gasteiger partial charge in [0, 0.05) is 25.2 Å². The SMILES string of the molecule is Cc1cc(C(=O)N2CC[C@H]3NC(=O)c4ccccc4OCCCCC[C@H]3C2)no1. The highest BCUT2D eigenvalue weighted by atomic mass is 16.5. The Bertz CT molecular complexity index is 878. The van der Waals surface area contributed by atoms with Gasteiger partial charge in [-0.25, -0.2) is 0 Å². The van der Waals surface area contributed by atoms with Gasteiger partial charge in [0.15, 0.2) is 5.69 Å². The van der Waals surface area contributed by atoms with Crippen molar-refractivity contribution in [1.29, 1.82) is 0 Å². The predicted molar refractivity (Wildman–Crippen MR) is 107 cm³/mol. The molecule has 0 aliphatic carbocycles. The number of nitrogens with zero attached hydrogens (tertiary/aromatic N) is 2. The Hall–Kier alpha value is -2.83. The van der Waals surface area contributed by atoms with E-state index in [1.807, 2.05) is 23.1 Å². The second-order valence-corrected chi connectivity index (χ2v) is 7.90. The van der Waals surface area contributed by atoms with E-state index in [1.54, 1.807) is 19.1 Å². The van der Waals surface area contributed by atoms with Crippen molar-refractivity contribution in [2.75, 3.05) is 19.7 Å². The fourth-order valence-corrected chi connectivity index (χ4v) is 4.22. The zero-order valence-electron chi connectivity index (χ0n) is 16.7. The normalized spacial score (nSPS) is 22.9. The third-order valence-electron chi connectivity index (χ3n) is 5.79. The molecule has 2 atom stereocenters. The van der Waals surface area contributed by atoms with Gasteiger partial charge in [0.05, 0.1) is 12.2 Å². The van der Waals surface area contributed by atoms with E-state index in [0.29, 0.717) is 42.5 Å². The summed E-state index contributed by atoms with van der Waals surface area (Å²) in [5.74, 6) is 1.27. The number of aromatic nitrogens is 1. The van der Waals surface area contributed by atoms with Gasteiger partial charge in [-0.3, -0.25) is 9.59 Å². The summed E-state index contributed by atoms with van der Waals surface area (Å²) in [5, 5.41) is 7.07. The average Bonchev–Trinajstić information content (AvgIpc) is 3.16. The summed E-state index contributed by atoms with van der Waals surface area (Å²) < 4.78 is 10.9. The maximum absolute atomic E-state index is 12.9. The summed E-state index contributed by atoms with van der Waals surface area (Å²) in [6.07, 6.45) is 4.76. The molecule has 1 N–H and O–H groups in total. The number of amides is 2. The highest BCUT2D eigenvalue weighted by Gasteiger charge is 2.34. The molecule has 29 heavy (non-hydrogen) atoms. The van der Waals surface area contributed by atoms with E-state index >= 15 is 0 Å². The highest BCUT2D eigenvalue weighted by molar-refractivity contribution is 5.97. The number of likely N-dealkylation sites (tertiary alicyclic amines) is 1. The zero-order valence-corrected chi connectivity index (χ0v) is 16.7. The predicted octanol–water partition coefficient (Wildman–Crippen LogP) is 3.20. The van der Waals surface area contributed by atoms with E-state index in [9.17, 15) is 9.59 Å². The number of para-hydroxylation sites is 1. The summed E-state index contributed by atoms with van der Waals surface area (Å²) >= 11 is 0. The van der Waals surface area contributed by atoms with Crippen LogP contribution in [0.2, 0.25) is 0 Å². The van der Waals surface area contributed by atoms with Crippen LogP contribution in [0.3, 0.4) is 0 Å². The van der Waals surface area contributed by atoms with E-state index in [1.165, 1.54) is 0 Å². The quantitative estimate of drug-likeness (QED) is 0.799. The van der Waals surface area contributed by atoms with E-state index in [-0.39, 0.29) is 23.8 Å². The minimum atomic E-state index is -0.108. The van der Waals surface area contributed by atoms with Crippen molar-refractivity contribution in [3.05, 3.63) is 47.3 Å². The fraction of sp³-hybridized carbons (Fsp3) is 0.500. The van der Waals surface area contributed by atoms with Crippen molar-refractivity contribution in [3.8, 4) is 5.75 Å². The lowest BCUT2D eigenvalue weighted by molar-refractivity contribution is 0.0595. The number of rotatable bonds is 1. The first-order valence-electron chi connectivity index (χ1n) is 10.4. The molecule has 2 amide bonds. The molecule has 2 aliphatic heterocycles. The number of carbonyl (C=O) groups excluding carboxylic acids is 2. The molecule has 3 heterocycles. The number of aryl methyl sites for hydroxylation is 1. The van der Waals surface area contributed by atoms with Gasteiger partial charge < -0.3 is 19.5 Å². The molecule has 7 heteroatoms. The number of fused-ring (bicyclic) bond motifs is 2. The van der Waals surface area contributed by atoms with E-state index in [4.69, 9.17) is 9.26 Å². The van der Waals surface area contributed by atoms with Crippen molar-refractivity contribution in [3.63, 3.8) is 0 Å². The van der Waals surface area contributed by atoms with E-state index in [0.717, 1.165) is 32.1 Å². The number of benzene rings is 1. The van der Waals surface area contributed by atoms with Crippen LogP contribution in [0.15, 0.2) is 34.9 Å². The Labute approximate surface area is 170 Å². The van der Waals surface area contributed by atoms with Crippen molar-refractivity contribution in [2.45, 2.75) is 45.1 Å². The summed E-state index contributed by atoms with van der Waals surface area (Å²) in [7, 11) is 0. The lowest BCUT2D eigenvalue weighted by Gasteiger charge is -2.39. The summed E-state index contributed by atoms with van der Waals surface area (Å²) in [6.45, 7) is 3.59. The first-order chi connectivity index (χ1) is 14.1. The minimum absolute atomic E-state index is 0.0399. The Morgan fingerprint density at radius 1 is 1.21 bits per heavy atom. The van der Waals surface area contributed by atoms with E-state index in [2.05, 4.69) is 10.5 Å². The Morgan fingerprint density at radius 3 is 2.90 bits per heavy atom. The third-order valence-corrected chi connectivity index (χ3v) is 5.79. The molecule has 0 radical (unpaired) electrons. The molecule has 0 unspecified atom stereocenters. The second kappa shape index (κ2) is 8.68. The second-order valence-electron chi connectivity index (χ2n) is 7.90. The summed E-state index contributed by atoms with van der Waals surface area (Å²) in [4.78, 5) is 27.6. The van der Waals surface area contributed by atoms with Crippen LogP contribution >= 0.6 is 0 Å². The molecule has 0 spiro atoms. The standard InChI is InChI=1S/C22H27N3O4/c1-15-13-19(24-29-15)22(27)25-11-10-18-16(14-25)7-3-2-6-12-28-20-9-5-4-8-17(20)21(26)23-18/h4-5,8-9,13,16,18H,2-3,6-7,10-12,14H2,1H3,(H,23,26)/t16-,18+/m0/s1. The molecule has 2 aliphatic rings. The van der Waals surface area contributed by atoms with Crippen LogP contribution in [0.4, 0.5) is 0 Å². The highest BCUT2D eigenvalue weighted by Crippen LogP contribution is 2.26. The molecule has 0 bridgehead atoms. The molecular weight excluding hydrogens is 370 g/mol. The van der Waals surface area contributed by atoms with Crippen molar-refractivity contribution in [1.82, 2.24) is 15.4 Å². The first kappa shape index (κ1) is 19.5. The van der Waals surface area contributed by atoms with Gasteiger partial charge in [-0.15, -0.1) is 0 Å². The molecule has 0 saturated carbocycles. The lowest BCUT2D eigenvalue weighted by atomic mass is 9.87. The topological polar surface area (TPSA) is 84.7 Å². The van der Waals surface area contributed by atoms with Crippen LogP contribution in [0, 0.1) is 12.8 Å². The van der Waals surface area contributed by atoms with Crippen LogP contribution in [0.1, 0.15) is 58.7 Å². The van der Waals surface area contributed by atoms with Gasteiger partial charge in [0.2, 0.25) is 0 Å². The smallest absolute Gasteiger partial charge is 0.276 e. The first-order valence-corrected chi connectivity index (χ1v) is 10.4. The van der Waals surface area contributed by atoms with Crippen LogP contribution < -0.4 is 10.1 Å². The van der Waals surface area contributed by atoms with Crippen LogP contribution in [-0.4, -0.2) is 47.6 Å².